The molecule has 1 amide bonds. The summed E-state index contributed by atoms with van der Waals surface area (Å²) in [4.78, 5) is 21.3. The second kappa shape index (κ2) is 8.16. The Morgan fingerprint density at radius 2 is 2.07 bits per heavy atom. The Hall–Kier alpha value is -0.770. The number of ether oxygens (including phenoxy) is 2. The van der Waals surface area contributed by atoms with Crippen LogP contribution in [-0.4, -0.2) is 78.4 Å². The molecule has 1 N–H and O–H groups in total. The molecule has 0 aromatic carbocycles. The summed E-state index contributed by atoms with van der Waals surface area (Å²) in [6.07, 6.45) is 5.11. The van der Waals surface area contributed by atoms with Gasteiger partial charge in [0.1, 0.15) is 5.60 Å². The SMILES string of the molecule is CCOC1CC(NC2=NCC3CN(C(=O)OC(C)(C)C)CCN23)C12CCC2.I. The third kappa shape index (κ3) is 3.95. The standard InChI is InChI=1S/C20H34N4O3.HI/c1-5-26-16-11-15(20(16)7-6-8-20)22-17-21-12-14-13-23(9-10-24(14)17)18(25)27-19(2,3)4;/h14-16H,5-13H2,1-4H3,(H,21,22);1H. The van der Waals surface area contributed by atoms with E-state index < -0.39 is 5.60 Å². The first-order valence-electron chi connectivity index (χ1n) is 10.5. The normalized spacial score (nSPS) is 30.6. The van der Waals surface area contributed by atoms with Crippen molar-refractivity contribution in [3.8, 4) is 0 Å². The van der Waals surface area contributed by atoms with Crippen molar-refractivity contribution < 1.29 is 14.3 Å². The van der Waals surface area contributed by atoms with Gasteiger partial charge in [0.2, 0.25) is 0 Å². The molecule has 0 bridgehead atoms. The fourth-order valence-electron chi connectivity index (χ4n) is 4.99. The van der Waals surface area contributed by atoms with Crippen LogP contribution in [0.4, 0.5) is 4.79 Å². The molecule has 3 fully saturated rings. The fourth-order valence-corrected chi connectivity index (χ4v) is 4.99. The second-order valence-corrected chi connectivity index (χ2v) is 9.40. The van der Waals surface area contributed by atoms with Crippen molar-refractivity contribution in [3.63, 3.8) is 0 Å². The summed E-state index contributed by atoms with van der Waals surface area (Å²) in [7, 11) is 0. The van der Waals surface area contributed by atoms with Gasteiger partial charge in [0.15, 0.2) is 5.96 Å². The fraction of sp³-hybridized carbons (Fsp3) is 0.900. The molecule has 7 nitrogen and oxygen atoms in total. The Bertz CT molecular complexity index is 617. The number of nitrogens with zero attached hydrogens (tertiary/aromatic N) is 3. The molecule has 1 saturated heterocycles. The van der Waals surface area contributed by atoms with E-state index >= 15 is 0 Å². The molecule has 0 aromatic rings. The van der Waals surface area contributed by atoms with E-state index in [2.05, 4.69) is 17.1 Å². The molecule has 4 rings (SSSR count). The predicted octanol–water partition coefficient (Wildman–Crippen LogP) is 2.83. The predicted molar refractivity (Wildman–Crippen MR) is 119 cm³/mol. The van der Waals surface area contributed by atoms with Crippen molar-refractivity contribution in [2.24, 2.45) is 10.4 Å². The van der Waals surface area contributed by atoms with Crippen LogP contribution < -0.4 is 5.32 Å². The Kier molecular flexibility index (Phi) is 6.39. The van der Waals surface area contributed by atoms with Crippen LogP contribution in [0.15, 0.2) is 4.99 Å². The highest BCUT2D eigenvalue weighted by Crippen LogP contribution is 2.57. The van der Waals surface area contributed by atoms with E-state index in [0.29, 0.717) is 30.7 Å². The van der Waals surface area contributed by atoms with Crippen molar-refractivity contribution >= 4 is 36.0 Å². The highest BCUT2D eigenvalue weighted by Gasteiger charge is 2.59. The molecule has 1 spiro atoms. The van der Waals surface area contributed by atoms with Crippen molar-refractivity contribution in [1.82, 2.24) is 15.1 Å². The Labute approximate surface area is 185 Å². The summed E-state index contributed by atoms with van der Waals surface area (Å²) in [6, 6.07) is 0.734. The number of fused-ring (bicyclic) bond motifs is 1. The van der Waals surface area contributed by atoms with Crippen molar-refractivity contribution in [1.29, 1.82) is 0 Å². The van der Waals surface area contributed by atoms with Crippen LogP contribution in [0.1, 0.15) is 53.4 Å². The highest BCUT2D eigenvalue weighted by atomic mass is 127. The highest BCUT2D eigenvalue weighted by molar-refractivity contribution is 14.0. The number of guanidine groups is 1. The lowest BCUT2D eigenvalue weighted by Crippen LogP contribution is -2.69. The molecule has 3 unspecified atom stereocenters. The molecule has 0 radical (unpaired) electrons. The number of aliphatic imine (C=N–C) groups is 1. The molecule has 2 heterocycles. The van der Waals surface area contributed by atoms with Crippen LogP contribution in [0.3, 0.4) is 0 Å². The number of piperazine rings is 1. The molecule has 160 valence electrons. The second-order valence-electron chi connectivity index (χ2n) is 9.40. The van der Waals surface area contributed by atoms with E-state index in [4.69, 9.17) is 14.5 Å². The minimum Gasteiger partial charge on any atom is -0.444 e. The van der Waals surface area contributed by atoms with Crippen molar-refractivity contribution in [3.05, 3.63) is 0 Å². The van der Waals surface area contributed by atoms with Gasteiger partial charge in [-0.25, -0.2) is 4.79 Å². The van der Waals surface area contributed by atoms with Gasteiger partial charge >= 0.3 is 6.09 Å². The number of carbonyl (C=O) groups excluding carboxylic acids is 1. The lowest BCUT2D eigenvalue weighted by atomic mass is 9.51. The van der Waals surface area contributed by atoms with Crippen LogP contribution in [-0.2, 0) is 9.47 Å². The third-order valence-electron chi connectivity index (χ3n) is 6.60. The van der Waals surface area contributed by atoms with Crippen LogP contribution in [0.5, 0.6) is 0 Å². The van der Waals surface area contributed by atoms with Crippen molar-refractivity contribution in [2.45, 2.75) is 77.2 Å². The summed E-state index contributed by atoms with van der Waals surface area (Å²) >= 11 is 0. The molecular formula is C20H35IN4O3. The van der Waals surface area contributed by atoms with Gasteiger partial charge in [-0.15, -0.1) is 24.0 Å². The van der Waals surface area contributed by atoms with Gasteiger partial charge in [0.05, 0.1) is 18.7 Å². The lowest BCUT2D eigenvalue weighted by Gasteiger charge is -2.61. The van der Waals surface area contributed by atoms with Gasteiger partial charge < -0.3 is 24.6 Å². The molecular weight excluding hydrogens is 471 g/mol. The first-order chi connectivity index (χ1) is 12.8. The average Bonchev–Trinajstić information content (AvgIpc) is 2.93. The first-order valence-corrected chi connectivity index (χ1v) is 10.5. The van der Waals surface area contributed by atoms with Crippen LogP contribution in [0.25, 0.3) is 0 Å². The number of carbonyl (C=O) groups is 1. The van der Waals surface area contributed by atoms with E-state index in [0.717, 1.165) is 32.1 Å². The van der Waals surface area contributed by atoms with E-state index in [1.54, 1.807) is 0 Å². The molecule has 2 saturated carbocycles. The molecule has 3 atom stereocenters. The monoisotopic (exact) mass is 506 g/mol. The van der Waals surface area contributed by atoms with Crippen molar-refractivity contribution in [2.75, 3.05) is 32.8 Å². The summed E-state index contributed by atoms with van der Waals surface area (Å²) in [6.45, 7) is 11.5. The maximum Gasteiger partial charge on any atom is 0.410 e. The summed E-state index contributed by atoms with van der Waals surface area (Å²) in [5, 5.41) is 3.74. The van der Waals surface area contributed by atoms with Crippen LogP contribution in [0, 0.1) is 5.41 Å². The van der Waals surface area contributed by atoms with E-state index in [1.807, 2.05) is 25.7 Å². The third-order valence-corrected chi connectivity index (χ3v) is 6.60. The number of hydrogen-bond acceptors (Lipinski definition) is 6. The minimum atomic E-state index is -0.453. The molecule has 2 aliphatic carbocycles. The first kappa shape index (κ1) is 21.9. The van der Waals surface area contributed by atoms with Gasteiger partial charge in [0, 0.05) is 37.7 Å². The van der Waals surface area contributed by atoms with Gasteiger partial charge in [-0.1, -0.05) is 6.42 Å². The smallest absolute Gasteiger partial charge is 0.410 e. The molecule has 0 aromatic heterocycles. The minimum absolute atomic E-state index is 0. The Balaban J connectivity index is 0.00000225. The van der Waals surface area contributed by atoms with E-state index in [1.165, 1.54) is 19.3 Å². The molecule has 4 aliphatic rings. The zero-order valence-corrected chi connectivity index (χ0v) is 19.9. The van der Waals surface area contributed by atoms with Gasteiger partial charge in [-0.2, -0.15) is 0 Å². The van der Waals surface area contributed by atoms with Gasteiger partial charge in [0.25, 0.3) is 0 Å². The Morgan fingerprint density at radius 3 is 2.68 bits per heavy atom. The number of rotatable bonds is 3. The molecule has 28 heavy (non-hydrogen) atoms. The number of hydrogen-bond donors (Lipinski definition) is 1. The maximum absolute atomic E-state index is 12.4. The summed E-state index contributed by atoms with van der Waals surface area (Å²) in [5.74, 6) is 1.02. The topological polar surface area (TPSA) is 66.4 Å². The largest absolute Gasteiger partial charge is 0.444 e. The molecule has 2 aliphatic heterocycles. The quantitative estimate of drug-likeness (QED) is 0.597. The van der Waals surface area contributed by atoms with Gasteiger partial charge in [-0.05, 0) is 47.0 Å². The average molecular weight is 506 g/mol. The van der Waals surface area contributed by atoms with Crippen LogP contribution in [0.2, 0.25) is 0 Å². The summed E-state index contributed by atoms with van der Waals surface area (Å²) < 4.78 is 11.5. The van der Waals surface area contributed by atoms with E-state index in [-0.39, 0.29) is 36.1 Å². The zero-order chi connectivity index (χ0) is 19.2. The Morgan fingerprint density at radius 1 is 1.32 bits per heavy atom. The zero-order valence-electron chi connectivity index (χ0n) is 17.6. The lowest BCUT2D eigenvalue weighted by molar-refractivity contribution is -0.169. The maximum atomic E-state index is 12.4. The number of amides is 1. The number of nitrogens with one attached hydrogen (secondary N) is 1. The molecule has 8 heteroatoms. The summed E-state index contributed by atoms with van der Waals surface area (Å²) in [5.41, 5.74) is -0.125. The number of halogens is 1. The van der Waals surface area contributed by atoms with Crippen LogP contribution >= 0.6 is 24.0 Å². The van der Waals surface area contributed by atoms with Gasteiger partial charge in [-0.3, -0.25) is 4.99 Å². The van der Waals surface area contributed by atoms with E-state index in [9.17, 15) is 4.79 Å².